The quantitative estimate of drug-likeness (QED) is 0.801. The molecule has 21 heavy (non-hydrogen) atoms. The summed E-state index contributed by atoms with van der Waals surface area (Å²) in [7, 11) is 0. The van der Waals surface area contributed by atoms with E-state index in [1.54, 1.807) is 6.07 Å². The van der Waals surface area contributed by atoms with Crippen LogP contribution < -0.4 is 5.32 Å². The van der Waals surface area contributed by atoms with Gasteiger partial charge in [-0.15, -0.1) is 16.4 Å². The molecular weight excluding hydrogens is 286 g/mol. The van der Waals surface area contributed by atoms with Crippen LogP contribution >= 0.6 is 11.3 Å². The topological polar surface area (TPSA) is 68.0 Å². The number of nitrogens with zero attached hydrogens (tertiary/aromatic N) is 2. The summed E-state index contributed by atoms with van der Waals surface area (Å²) < 4.78 is 5.50. The highest BCUT2D eigenvalue weighted by atomic mass is 32.1. The van der Waals surface area contributed by atoms with Crippen LogP contribution in [0.1, 0.15) is 20.8 Å². The van der Waals surface area contributed by atoms with Crippen LogP contribution in [0.4, 0.5) is 6.01 Å². The minimum atomic E-state index is -0.249. The third-order valence-electron chi connectivity index (χ3n) is 2.86. The molecule has 3 rings (SSSR count). The summed E-state index contributed by atoms with van der Waals surface area (Å²) in [6.07, 6.45) is 0. The molecule has 0 saturated carbocycles. The maximum absolute atomic E-state index is 11.9. The van der Waals surface area contributed by atoms with Crippen LogP contribution in [0, 0.1) is 13.8 Å². The van der Waals surface area contributed by atoms with Crippen LogP contribution in [0.2, 0.25) is 0 Å². The molecule has 0 saturated heterocycles. The molecule has 0 aliphatic carbocycles. The Kier molecular flexibility index (Phi) is 3.53. The zero-order valence-corrected chi connectivity index (χ0v) is 12.4. The van der Waals surface area contributed by atoms with Crippen molar-refractivity contribution >= 4 is 23.3 Å². The lowest BCUT2D eigenvalue weighted by Crippen LogP contribution is -2.10. The molecule has 0 unspecified atom stereocenters. The Labute approximate surface area is 125 Å². The normalized spacial score (nSPS) is 10.6. The van der Waals surface area contributed by atoms with E-state index in [4.69, 9.17) is 4.42 Å². The Morgan fingerprint density at radius 2 is 1.95 bits per heavy atom. The molecule has 0 atom stereocenters. The first-order valence-electron chi connectivity index (χ1n) is 6.39. The number of benzene rings is 1. The lowest BCUT2D eigenvalue weighted by molar-refractivity contribution is 0.102. The van der Waals surface area contributed by atoms with Crippen LogP contribution in [0.3, 0.4) is 0 Å². The van der Waals surface area contributed by atoms with Crippen molar-refractivity contribution in [1.29, 1.82) is 0 Å². The van der Waals surface area contributed by atoms with E-state index in [1.165, 1.54) is 11.3 Å². The number of carbonyl (C=O) groups excluding carboxylic acids is 1. The van der Waals surface area contributed by atoms with E-state index in [1.807, 2.05) is 37.4 Å². The lowest BCUT2D eigenvalue weighted by atomic mass is 10.1. The molecule has 0 aliphatic rings. The van der Waals surface area contributed by atoms with Gasteiger partial charge in [-0.3, -0.25) is 10.1 Å². The van der Waals surface area contributed by atoms with Gasteiger partial charge in [0, 0.05) is 5.56 Å². The van der Waals surface area contributed by atoms with Gasteiger partial charge in [0.15, 0.2) is 0 Å². The van der Waals surface area contributed by atoms with Gasteiger partial charge in [0.1, 0.15) is 0 Å². The average molecular weight is 299 g/mol. The minimum absolute atomic E-state index is 0.0996. The van der Waals surface area contributed by atoms with E-state index >= 15 is 0 Å². The number of thiophene rings is 1. The summed E-state index contributed by atoms with van der Waals surface area (Å²) in [6, 6.07) is 9.65. The summed E-state index contributed by atoms with van der Waals surface area (Å²) in [5.74, 6) is 0.143. The highest BCUT2D eigenvalue weighted by Crippen LogP contribution is 2.23. The van der Waals surface area contributed by atoms with Crippen LogP contribution in [0.15, 0.2) is 40.1 Å². The summed E-state index contributed by atoms with van der Waals surface area (Å²) >= 11 is 1.36. The summed E-state index contributed by atoms with van der Waals surface area (Å²) in [4.78, 5) is 12.5. The molecule has 1 N–H and O–H groups in total. The fraction of sp³-hybridized carbons (Fsp3) is 0.133. The molecule has 2 heterocycles. The number of nitrogens with one attached hydrogen (secondary N) is 1. The Morgan fingerprint density at radius 3 is 2.62 bits per heavy atom. The Bertz CT molecular complexity index is 758. The Morgan fingerprint density at radius 1 is 1.19 bits per heavy atom. The van der Waals surface area contributed by atoms with E-state index in [9.17, 15) is 4.79 Å². The number of hydrogen-bond acceptors (Lipinski definition) is 5. The molecule has 0 aliphatic heterocycles. The first-order chi connectivity index (χ1) is 10.1. The maximum atomic E-state index is 11.9. The van der Waals surface area contributed by atoms with E-state index in [2.05, 4.69) is 21.6 Å². The third-order valence-corrected chi connectivity index (χ3v) is 3.73. The zero-order chi connectivity index (χ0) is 14.8. The van der Waals surface area contributed by atoms with Crippen molar-refractivity contribution in [3.63, 3.8) is 0 Å². The summed E-state index contributed by atoms with van der Waals surface area (Å²) in [5, 5.41) is 12.3. The molecule has 6 heteroatoms. The second kappa shape index (κ2) is 5.49. The molecule has 3 aromatic rings. The molecule has 2 aromatic heterocycles. The van der Waals surface area contributed by atoms with Gasteiger partial charge in [0.05, 0.1) is 4.88 Å². The average Bonchev–Trinajstić information content (AvgIpc) is 3.08. The fourth-order valence-corrected chi connectivity index (χ4v) is 2.67. The van der Waals surface area contributed by atoms with E-state index in [-0.39, 0.29) is 11.9 Å². The van der Waals surface area contributed by atoms with Crippen molar-refractivity contribution in [2.45, 2.75) is 13.8 Å². The molecule has 0 fully saturated rings. The Balaban J connectivity index is 1.81. The van der Waals surface area contributed by atoms with Gasteiger partial charge in [-0.05, 0) is 37.4 Å². The highest BCUT2D eigenvalue weighted by molar-refractivity contribution is 7.12. The van der Waals surface area contributed by atoms with Gasteiger partial charge in [-0.2, -0.15) is 0 Å². The van der Waals surface area contributed by atoms with Gasteiger partial charge >= 0.3 is 6.01 Å². The number of hydrogen-bond donors (Lipinski definition) is 1. The Hall–Kier alpha value is -2.47. The molecule has 106 valence electrons. The van der Waals surface area contributed by atoms with Gasteiger partial charge in [-0.1, -0.05) is 28.4 Å². The number of amides is 1. The molecule has 0 radical (unpaired) electrons. The van der Waals surface area contributed by atoms with E-state index < -0.39 is 0 Å². The standard InChI is InChI=1S/C15H13N3O2S/c1-9-6-10(2)8-11(7-9)14-17-18-15(20-14)16-13(19)12-4-3-5-21-12/h3-8H,1-2H3,(H,16,18,19). The molecule has 1 aromatic carbocycles. The van der Waals surface area contributed by atoms with Crippen LogP contribution in [0.25, 0.3) is 11.5 Å². The molecule has 0 spiro atoms. The van der Waals surface area contributed by atoms with Crippen LogP contribution in [-0.2, 0) is 0 Å². The van der Waals surface area contributed by atoms with Crippen molar-refractivity contribution in [3.8, 4) is 11.5 Å². The molecule has 0 bridgehead atoms. The van der Waals surface area contributed by atoms with E-state index in [0.29, 0.717) is 10.8 Å². The van der Waals surface area contributed by atoms with Gasteiger partial charge < -0.3 is 4.42 Å². The van der Waals surface area contributed by atoms with Crippen molar-refractivity contribution in [1.82, 2.24) is 10.2 Å². The SMILES string of the molecule is Cc1cc(C)cc(-c2nnc(NC(=O)c3cccs3)o2)c1. The number of carbonyl (C=O) groups is 1. The second-order valence-electron chi connectivity index (χ2n) is 4.72. The molecule has 1 amide bonds. The van der Waals surface area contributed by atoms with Crippen LogP contribution in [-0.4, -0.2) is 16.1 Å². The smallest absolute Gasteiger partial charge is 0.322 e. The predicted molar refractivity (Wildman–Crippen MR) is 81.5 cm³/mol. The number of aryl methyl sites for hydroxylation is 2. The zero-order valence-electron chi connectivity index (χ0n) is 11.6. The number of rotatable bonds is 3. The first kappa shape index (κ1) is 13.5. The highest BCUT2D eigenvalue weighted by Gasteiger charge is 2.13. The van der Waals surface area contributed by atoms with Gasteiger partial charge in [-0.25, -0.2) is 0 Å². The summed E-state index contributed by atoms with van der Waals surface area (Å²) in [5.41, 5.74) is 3.08. The minimum Gasteiger partial charge on any atom is -0.403 e. The van der Waals surface area contributed by atoms with Crippen molar-refractivity contribution < 1.29 is 9.21 Å². The number of anilines is 1. The first-order valence-corrected chi connectivity index (χ1v) is 7.27. The van der Waals surface area contributed by atoms with E-state index in [0.717, 1.165) is 16.7 Å². The van der Waals surface area contributed by atoms with Crippen molar-refractivity contribution in [3.05, 3.63) is 51.7 Å². The van der Waals surface area contributed by atoms with Crippen molar-refractivity contribution in [2.24, 2.45) is 0 Å². The van der Waals surface area contributed by atoms with Gasteiger partial charge in [0.2, 0.25) is 5.89 Å². The third kappa shape index (κ3) is 3.00. The van der Waals surface area contributed by atoms with Gasteiger partial charge in [0.25, 0.3) is 5.91 Å². The maximum Gasteiger partial charge on any atom is 0.322 e. The lowest BCUT2D eigenvalue weighted by Gasteiger charge is -2.00. The molecular formula is C15H13N3O2S. The number of aromatic nitrogens is 2. The van der Waals surface area contributed by atoms with Crippen LogP contribution in [0.5, 0.6) is 0 Å². The van der Waals surface area contributed by atoms with Crippen molar-refractivity contribution in [2.75, 3.05) is 5.32 Å². The predicted octanol–water partition coefficient (Wildman–Crippen LogP) is 3.67. The molecule has 5 nitrogen and oxygen atoms in total. The fourth-order valence-electron chi connectivity index (χ4n) is 2.06. The summed E-state index contributed by atoms with van der Waals surface area (Å²) in [6.45, 7) is 4.01. The monoisotopic (exact) mass is 299 g/mol. The largest absolute Gasteiger partial charge is 0.403 e. The second-order valence-corrected chi connectivity index (χ2v) is 5.67.